The number of carbonyl (C=O) groups excluding carboxylic acids is 2. The highest BCUT2D eigenvalue weighted by molar-refractivity contribution is 7.80. The van der Waals surface area contributed by atoms with Crippen molar-refractivity contribution in [1.29, 1.82) is 0 Å². The molecule has 140 valence electrons. The zero-order chi connectivity index (χ0) is 19.6. The Morgan fingerprint density at radius 2 is 1.81 bits per heavy atom. The third-order valence-electron chi connectivity index (χ3n) is 3.25. The third-order valence-corrected chi connectivity index (χ3v) is 3.77. The summed E-state index contributed by atoms with van der Waals surface area (Å²) in [5.41, 5.74) is 6.77. The molecule has 6 nitrogen and oxygen atoms in total. The van der Waals surface area contributed by atoms with Gasteiger partial charge in [-0.1, -0.05) is 53.6 Å². The van der Waals surface area contributed by atoms with Gasteiger partial charge in [-0.3, -0.25) is 25.8 Å². The number of benzene rings is 2. The van der Waals surface area contributed by atoms with Crippen LogP contribution >= 0.6 is 23.8 Å². The summed E-state index contributed by atoms with van der Waals surface area (Å²) < 4.78 is 5.28. The van der Waals surface area contributed by atoms with E-state index < -0.39 is 11.8 Å². The summed E-state index contributed by atoms with van der Waals surface area (Å²) in [6.45, 7) is 1.72. The molecule has 0 fully saturated rings. The Kier molecular flexibility index (Phi) is 7.79. The average molecular weight is 404 g/mol. The van der Waals surface area contributed by atoms with E-state index in [1.807, 2.05) is 31.2 Å². The zero-order valence-electron chi connectivity index (χ0n) is 14.5. The maximum Gasteiger partial charge on any atom is 0.276 e. The Balaban J connectivity index is 1.70. The Morgan fingerprint density at radius 1 is 1.11 bits per heavy atom. The fourth-order valence-corrected chi connectivity index (χ4v) is 2.24. The summed E-state index contributed by atoms with van der Waals surface area (Å²) >= 11 is 10.9. The molecule has 0 saturated carbocycles. The molecule has 0 heterocycles. The van der Waals surface area contributed by atoms with Gasteiger partial charge in [-0.15, -0.1) is 0 Å². The van der Waals surface area contributed by atoms with E-state index in [1.165, 1.54) is 6.08 Å². The van der Waals surface area contributed by atoms with Gasteiger partial charge in [-0.05, 0) is 42.9 Å². The number of hydrogen-bond acceptors (Lipinski definition) is 4. The van der Waals surface area contributed by atoms with Crippen LogP contribution in [0.4, 0.5) is 0 Å². The Morgan fingerprint density at radius 3 is 2.52 bits per heavy atom. The van der Waals surface area contributed by atoms with Crippen LogP contribution in [0.3, 0.4) is 0 Å². The van der Waals surface area contributed by atoms with Crippen LogP contribution in [0.15, 0.2) is 54.6 Å². The maximum atomic E-state index is 11.8. The molecule has 0 bridgehead atoms. The summed E-state index contributed by atoms with van der Waals surface area (Å²) in [5, 5.41) is 2.78. The monoisotopic (exact) mass is 403 g/mol. The topological polar surface area (TPSA) is 79.5 Å². The first kappa shape index (κ1) is 20.4. The van der Waals surface area contributed by atoms with Crippen LogP contribution in [0.25, 0.3) is 6.08 Å². The number of rotatable bonds is 5. The van der Waals surface area contributed by atoms with Gasteiger partial charge in [0.1, 0.15) is 5.75 Å². The number of ether oxygens (including phenoxy) is 1. The van der Waals surface area contributed by atoms with Crippen LogP contribution < -0.4 is 20.9 Å². The molecule has 0 atom stereocenters. The van der Waals surface area contributed by atoms with E-state index in [1.54, 1.807) is 30.3 Å². The highest BCUT2D eigenvalue weighted by Crippen LogP contribution is 2.22. The first-order valence-electron chi connectivity index (χ1n) is 7.96. The molecule has 2 amide bonds. The van der Waals surface area contributed by atoms with Crippen LogP contribution in [-0.4, -0.2) is 23.5 Å². The van der Waals surface area contributed by atoms with Gasteiger partial charge < -0.3 is 4.74 Å². The molecule has 2 aromatic rings. The number of hydrogen-bond donors (Lipinski definition) is 3. The van der Waals surface area contributed by atoms with Gasteiger partial charge in [0.25, 0.3) is 5.91 Å². The molecule has 27 heavy (non-hydrogen) atoms. The first-order valence-corrected chi connectivity index (χ1v) is 8.74. The second-order valence-corrected chi connectivity index (χ2v) is 6.27. The van der Waals surface area contributed by atoms with Crippen molar-refractivity contribution in [2.45, 2.75) is 6.92 Å². The number of hydrazine groups is 1. The number of aryl methyl sites for hydroxylation is 1. The van der Waals surface area contributed by atoms with Crippen LogP contribution in [-0.2, 0) is 9.59 Å². The fraction of sp³-hybridized carbons (Fsp3) is 0.105. The highest BCUT2D eigenvalue weighted by atomic mass is 35.5. The SMILES string of the molecule is Cc1ccc(/C=C/C(=O)NC(=S)NNC(=O)COc2ccccc2Cl)cc1. The van der Waals surface area contributed by atoms with E-state index in [0.29, 0.717) is 10.8 Å². The molecule has 0 aliphatic rings. The fourth-order valence-electron chi connectivity index (χ4n) is 1.90. The molecule has 0 aliphatic heterocycles. The molecule has 0 spiro atoms. The summed E-state index contributed by atoms with van der Waals surface area (Å²) in [6.07, 6.45) is 3.01. The van der Waals surface area contributed by atoms with Crippen LogP contribution in [0.2, 0.25) is 5.02 Å². The largest absolute Gasteiger partial charge is 0.482 e. The van der Waals surface area contributed by atoms with Crippen molar-refractivity contribution in [2.75, 3.05) is 6.61 Å². The van der Waals surface area contributed by atoms with Gasteiger partial charge in [0.05, 0.1) is 5.02 Å². The molecule has 0 saturated heterocycles. The van der Waals surface area contributed by atoms with Crippen molar-refractivity contribution < 1.29 is 14.3 Å². The molecule has 8 heteroatoms. The van der Waals surface area contributed by atoms with Crippen molar-refractivity contribution >= 4 is 46.8 Å². The van der Waals surface area contributed by atoms with E-state index in [9.17, 15) is 9.59 Å². The molecule has 3 N–H and O–H groups in total. The summed E-state index contributed by atoms with van der Waals surface area (Å²) in [7, 11) is 0. The lowest BCUT2D eigenvalue weighted by Gasteiger charge is -2.11. The second kappa shape index (κ2) is 10.3. The van der Waals surface area contributed by atoms with Crippen molar-refractivity contribution in [3.8, 4) is 5.75 Å². The van der Waals surface area contributed by atoms with Crippen LogP contribution in [0.5, 0.6) is 5.75 Å². The number of nitrogens with one attached hydrogen (secondary N) is 3. The molecule has 0 aliphatic carbocycles. The van der Waals surface area contributed by atoms with E-state index in [4.69, 9.17) is 28.6 Å². The van der Waals surface area contributed by atoms with Crippen molar-refractivity contribution in [1.82, 2.24) is 16.2 Å². The van der Waals surface area contributed by atoms with Gasteiger partial charge >= 0.3 is 0 Å². The predicted octanol–water partition coefficient (Wildman–Crippen LogP) is 2.76. The lowest BCUT2D eigenvalue weighted by Crippen LogP contribution is -2.49. The van der Waals surface area contributed by atoms with Crippen molar-refractivity contribution in [3.05, 3.63) is 70.8 Å². The molecular weight excluding hydrogens is 386 g/mol. The zero-order valence-corrected chi connectivity index (χ0v) is 16.1. The summed E-state index contributed by atoms with van der Waals surface area (Å²) in [6, 6.07) is 14.5. The molecular formula is C19H18ClN3O3S. The average Bonchev–Trinajstić information content (AvgIpc) is 2.65. The number of para-hydroxylation sites is 1. The van der Waals surface area contributed by atoms with E-state index in [0.717, 1.165) is 11.1 Å². The molecule has 0 aromatic heterocycles. The van der Waals surface area contributed by atoms with Crippen molar-refractivity contribution in [2.24, 2.45) is 0 Å². The minimum atomic E-state index is -0.485. The Bertz CT molecular complexity index is 854. The third kappa shape index (κ3) is 7.47. The van der Waals surface area contributed by atoms with Gasteiger partial charge in [-0.25, -0.2) is 0 Å². The van der Waals surface area contributed by atoms with Gasteiger partial charge in [-0.2, -0.15) is 0 Å². The maximum absolute atomic E-state index is 11.8. The summed E-state index contributed by atoms with van der Waals surface area (Å²) in [4.78, 5) is 23.5. The van der Waals surface area contributed by atoms with E-state index in [2.05, 4.69) is 16.2 Å². The van der Waals surface area contributed by atoms with Crippen LogP contribution in [0.1, 0.15) is 11.1 Å². The first-order chi connectivity index (χ1) is 12.9. The smallest absolute Gasteiger partial charge is 0.276 e. The van der Waals surface area contributed by atoms with Gasteiger partial charge in [0.2, 0.25) is 5.91 Å². The van der Waals surface area contributed by atoms with Crippen molar-refractivity contribution in [3.63, 3.8) is 0 Å². The number of thiocarbonyl (C=S) groups is 1. The lowest BCUT2D eigenvalue weighted by atomic mass is 10.1. The predicted molar refractivity (Wildman–Crippen MR) is 109 cm³/mol. The van der Waals surface area contributed by atoms with Crippen LogP contribution in [0, 0.1) is 6.92 Å². The molecule has 0 radical (unpaired) electrons. The quantitative estimate of drug-likeness (QED) is 0.406. The standard InChI is InChI=1S/C19H18ClN3O3S/c1-13-6-8-14(9-7-13)10-11-17(24)21-19(27)23-22-18(25)12-26-16-5-3-2-4-15(16)20/h2-11H,12H2,1H3,(H,22,25)(H2,21,23,24,27)/b11-10+. The molecule has 2 aromatic carbocycles. The Hall–Kier alpha value is -2.90. The minimum Gasteiger partial charge on any atom is -0.482 e. The summed E-state index contributed by atoms with van der Waals surface area (Å²) in [5.74, 6) is -0.511. The highest BCUT2D eigenvalue weighted by Gasteiger charge is 2.06. The van der Waals surface area contributed by atoms with Gasteiger partial charge in [0.15, 0.2) is 11.7 Å². The van der Waals surface area contributed by atoms with E-state index in [-0.39, 0.29) is 11.7 Å². The van der Waals surface area contributed by atoms with Gasteiger partial charge in [0, 0.05) is 6.08 Å². The number of carbonyl (C=O) groups is 2. The van der Waals surface area contributed by atoms with E-state index >= 15 is 0 Å². The number of amides is 2. The normalized spacial score (nSPS) is 10.3. The molecule has 2 rings (SSSR count). The molecule has 0 unspecified atom stereocenters. The Labute approximate surface area is 167 Å². The lowest BCUT2D eigenvalue weighted by molar-refractivity contribution is -0.123. The number of halogens is 1. The second-order valence-electron chi connectivity index (χ2n) is 5.45. The minimum absolute atomic E-state index is 0.0420.